The summed E-state index contributed by atoms with van der Waals surface area (Å²) in [4.78, 5) is 19.9. The lowest BCUT2D eigenvalue weighted by Gasteiger charge is -2.04. The Morgan fingerprint density at radius 3 is 3.00 bits per heavy atom. The number of hydrogen-bond donors (Lipinski definition) is 1. The van der Waals surface area contributed by atoms with Crippen molar-refractivity contribution in [3.63, 3.8) is 0 Å². The molecule has 2 rings (SSSR count). The largest absolute Gasteiger partial charge is 0.466 e. The fourth-order valence-corrected chi connectivity index (χ4v) is 1.85. The second kappa shape index (κ2) is 4.57. The van der Waals surface area contributed by atoms with Gasteiger partial charge in [0.05, 0.1) is 23.9 Å². The number of esters is 1. The molecule has 0 aliphatic heterocycles. The number of nitrogens with zero attached hydrogens (tertiary/aromatic N) is 2. The van der Waals surface area contributed by atoms with Gasteiger partial charge < -0.3 is 10.5 Å². The van der Waals surface area contributed by atoms with Gasteiger partial charge in [-0.15, -0.1) is 0 Å². The highest BCUT2D eigenvalue weighted by molar-refractivity contribution is 5.77. The van der Waals surface area contributed by atoms with Crippen LogP contribution in [0.1, 0.15) is 30.7 Å². The van der Waals surface area contributed by atoms with Gasteiger partial charge in [-0.05, 0) is 13.3 Å². The van der Waals surface area contributed by atoms with E-state index in [0.717, 1.165) is 17.8 Å². The Balaban J connectivity index is 2.08. The quantitative estimate of drug-likeness (QED) is 0.753. The standard InChI is InChI=1S/C11H15N3O2/c1-2-16-11(15)8-5-7(8)10-9(6-12)13-3-4-14-10/h3-4,7-8H,2,5-6,12H2,1H3/t7-,8-/m0/s1. The van der Waals surface area contributed by atoms with Gasteiger partial charge in [-0.25, -0.2) is 0 Å². The molecule has 1 aromatic heterocycles. The van der Waals surface area contributed by atoms with E-state index in [2.05, 4.69) is 9.97 Å². The molecular formula is C11H15N3O2. The smallest absolute Gasteiger partial charge is 0.309 e. The lowest BCUT2D eigenvalue weighted by Crippen LogP contribution is -2.10. The predicted octanol–water partition coefficient (Wildman–Crippen LogP) is 0.602. The van der Waals surface area contributed by atoms with Gasteiger partial charge in [0.2, 0.25) is 0 Å². The molecule has 0 bridgehead atoms. The summed E-state index contributed by atoms with van der Waals surface area (Å²) in [6, 6.07) is 0. The Morgan fingerprint density at radius 2 is 2.31 bits per heavy atom. The van der Waals surface area contributed by atoms with Crippen LogP contribution < -0.4 is 5.73 Å². The zero-order chi connectivity index (χ0) is 11.5. The van der Waals surface area contributed by atoms with Gasteiger partial charge in [-0.1, -0.05) is 0 Å². The van der Waals surface area contributed by atoms with Crippen LogP contribution in [0.3, 0.4) is 0 Å². The van der Waals surface area contributed by atoms with E-state index < -0.39 is 0 Å². The van der Waals surface area contributed by atoms with Gasteiger partial charge in [-0.3, -0.25) is 14.8 Å². The maximum absolute atomic E-state index is 11.5. The summed E-state index contributed by atoms with van der Waals surface area (Å²) in [7, 11) is 0. The van der Waals surface area contributed by atoms with E-state index in [0.29, 0.717) is 13.2 Å². The normalized spacial score (nSPS) is 22.9. The fraction of sp³-hybridized carbons (Fsp3) is 0.545. The van der Waals surface area contributed by atoms with E-state index >= 15 is 0 Å². The highest BCUT2D eigenvalue weighted by Gasteiger charge is 2.47. The van der Waals surface area contributed by atoms with Crippen LogP contribution in [0.2, 0.25) is 0 Å². The van der Waals surface area contributed by atoms with Gasteiger partial charge in [0.25, 0.3) is 0 Å². The average Bonchev–Trinajstić information content (AvgIpc) is 3.09. The van der Waals surface area contributed by atoms with Crippen LogP contribution in [-0.2, 0) is 16.1 Å². The highest BCUT2D eigenvalue weighted by atomic mass is 16.5. The molecule has 1 aliphatic rings. The highest BCUT2D eigenvalue weighted by Crippen LogP contribution is 2.48. The van der Waals surface area contributed by atoms with Crippen molar-refractivity contribution in [2.24, 2.45) is 11.7 Å². The van der Waals surface area contributed by atoms with Crippen LogP contribution in [0.15, 0.2) is 12.4 Å². The lowest BCUT2D eigenvalue weighted by atomic mass is 10.2. The number of carbonyl (C=O) groups is 1. The lowest BCUT2D eigenvalue weighted by molar-refractivity contribution is -0.144. The molecule has 5 heteroatoms. The summed E-state index contributed by atoms with van der Waals surface area (Å²) in [5, 5.41) is 0. The molecule has 16 heavy (non-hydrogen) atoms. The van der Waals surface area contributed by atoms with Crippen LogP contribution in [0.25, 0.3) is 0 Å². The minimum atomic E-state index is -0.138. The minimum absolute atomic E-state index is 0.0538. The molecule has 1 aromatic rings. The van der Waals surface area contributed by atoms with Gasteiger partial charge in [0, 0.05) is 24.9 Å². The molecule has 0 saturated heterocycles. The Bertz CT molecular complexity index is 395. The average molecular weight is 221 g/mol. The van der Waals surface area contributed by atoms with Gasteiger partial charge >= 0.3 is 5.97 Å². The van der Waals surface area contributed by atoms with Crippen molar-refractivity contribution >= 4 is 5.97 Å². The van der Waals surface area contributed by atoms with Crippen molar-refractivity contribution in [2.45, 2.75) is 25.8 Å². The molecule has 1 saturated carbocycles. The van der Waals surface area contributed by atoms with Crippen LogP contribution in [-0.4, -0.2) is 22.5 Å². The first-order valence-electron chi connectivity index (χ1n) is 5.44. The molecule has 0 spiro atoms. The zero-order valence-corrected chi connectivity index (χ0v) is 9.22. The fourth-order valence-electron chi connectivity index (χ4n) is 1.85. The van der Waals surface area contributed by atoms with Crippen LogP contribution in [0.5, 0.6) is 0 Å². The minimum Gasteiger partial charge on any atom is -0.466 e. The molecule has 0 radical (unpaired) electrons. The summed E-state index contributed by atoms with van der Waals surface area (Å²) in [5.74, 6) is -0.0469. The second-order valence-corrected chi connectivity index (χ2v) is 3.79. The van der Waals surface area contributed by atoms with Crippen LogP contribution in [0, 0.1) is 5.92 Å². The van der Waals surface area contributed by atoms with E-state index in [4.69, 9.17) is 10.5 Å². The summed E-state index contributed by atoms with van der Waals surface area (Å²) < 4.78 is 4.97. The Kier molecular flexibility index (Phi) is 3.14. The second-order valence-electron chi connectivity index (χ2n) is 3.79. The zero-order valence-electron chi connectivity index (χ0n) is 9.22. The first-order chi connectivity index (χ1) is 7.77. The Morgan fingerprint density at radius 1 is 1.56 bits per heavy atom. The van der Waals surface area contributed by atoms with E-state index in [9.17, 15) is 4.79 Å². The molecule has 1 aliphatic carbocycles. The summed E-state index contributed by atoms with van der Waals surface area (Å²) >= 11 is 0. The molecule has 86 valence electrons. The molecule has 0 amide bonds. The molecule has 0 aromatic carbocycles. The van der Waals surface area contributed by atoms with Gasteiger partial charge in [0.1, 0.15) is 0 Å². The van der Waals surface area contributed by atoms with Crippen LogP contribution >= 0.6 is 0 Å². The third-order valence-electron chi connectivity index (χ3n) is 2.73. The molecule has 2 N–H and O–H groups in total. The first kappa shape index (κ1) is 11.0. The maximum Gasteiger partial charge on any atom is 0.309 e. The third-order valence-corrected chi connectivity index (χ3v) is 2.73. The maximum atomic E-state index is 11.5. The van der Waals surface area contributed by atoms with Crippen molar-refractivity contribution in [2.75, 3.05) is 6.61 Å². The molecule has 2 atom stereocenters. The van der Waals surface area contributed by atoms with E-state index in [1.165, 1.54) is 0 Å². The molecule has 5 nitrogen and oxygen atoms in total. The predicted molar refractivity (Wildman–Crippen MR) is 57.4 cm³/mol. The van der Waals surface area contributed by atoms with Gasteiger partial charge in [0.15, 0.2) is 0 Å². The SMILES string of the molecule is CCOC(=O)[C@H]1C[C@@H]1c1nccnc1CN. The van der Waals surface area contributed by atoms with Crippen molar-refractivity contribution in [3.05, 3.63) is 23.8 Å². The summed E-state index contributed by atoms with van der Waals surface area (Å²) in [6.45, 7) is 2.59. The number of aromatic nitrogens is 2. The van der Waals surface area contributed by atoms with Gasteiger partial charge in [-0.2, -0.15) is 0 Å². The number of rotatable bonds is 4. The topological polar surface area (TPSA) is 78.1 Å². The van der Waals surface area contributed by atoms with E-state index in [1.54, 1.807) is 12.4 Å². The van der Waals surface area contributed by atoms with Crippen molar-refractivity contribution in [1.29, 1.82) is 0 Å². The molecular weight excluding hydrogens is 206 g/mol. The van der Waals surface area contributed by atoms with Crippen molar-refractivity contribution in [1.82, 2.24) is 9.97 Å². The van der Waals surface area contributed by atoms with E-state index in [-0.39, 0.29) is 17.8 Å². The van der Waals surface area contributed by atoms with Crippen LogP contribution in [0.4, 0.5) is 0 Å². The van der Waals surface area contributed by atoms with Crippen molar-refractivity contribution in [3.8, 4) is 0 Å². The molecule has 1 heterocycles. The monoisotopic (exact) mass is 221 g/mol. The number of nitrogens with two attached hydrogens (primary N) is 1. The molecule has 0 unspecified atom stereocenters. The van der Waals surface area contributed by atoms with Crippen molar-refractivity contribution < 1.29 is 9.53 Å². The third kappa shape index (κ3) is 2.04. The summed E-state index contributed by atoms with van der Waals surface area (Å²) in [6.07, 6.45) is 4.05. The first-order valence-corrected chi connectivity index (χ1v) is 5.44. The summed E-state index contributed by atoms with van der Waals surface area (Å²) in [5.41, 5.74) is 7.20. The Hall–Kier alpha value is -1.49. The number of carbonyl (C=O) groups excluding carboxylic acids is 1. The Labute approximate surface area is 94.0 Å². The number of ether oxygens (including phenoxy) is 1. The number of hydrogen-bond acceptors (Lipinski definition) is 5. The van der Waals surface area contributed by atoms with E-state index in [1.807, 2.05) is 6.92 Å². The molecule has 1 fully saturated rings.